The van der Waals surface area contributed by atoms with E-state index in [9.17, 15) is 9.50 Å². The van der Waals surface area contributed by atoms with E-state index in [2.05, 4.69) is 12.2 Å². The first-order valence-electron chi connectivity index (χ1n) is 7.30. The second kappa shape index (κ2) is 6.42. The summed E-state index contributed by atoms with van der Waals surface area (Å²) >= 11 is 5.68. The van der Waals surface area contributed by atoms with Crippen LogP contribution in [0.3, 0.4) is 0 Å². The van der Waals surface area contributed by atoms with Gasteiger partial charge in [0.05, 0.1) is 10.6 Å². The molecule has 1 fully saturated rings. The Morgan fingerprint density at radius 1 is 1.45 bits per heavy atom. The molecule has 1 aromatic carbocycles. The van der Waals surface area contributed by atoms with E-state index >= 15 is 0 Å². The Labute approximate surface area is 125 Å². The van der Waals surface area contributed by atoms with Gasteiger partial charge < -0.3 is 10.4 Å². The Morgan fingerprint density at radius 2 is 2.10 bits per heavy atom. The van der Waals surface area contributed by atoms with Crippen molar-refractivity contribution in [3.8, 4) is 0 Å². The van der Waals surface area contributed by atoms with E-state index in [1.807, 2.05) is 13.0 Å². The molecule has 0 aromatic heterocycles. The van der Waals surface area contributed by atoms with Gasteiger partial charge in [0.2, 0.25) is 0 Å². The lowest BCUT2D eigenvalue weighted by atomic mass is 9.79. The minimum absolute atomic E-state index is 0.00913. The standard InChI is InChI=1S/C16H23ClFNO/c1-11-5-7-16(20,8-6-11)10-19-12(2)13-3-4-14(17)15(18)9-13/h3-4,9,11-12,19-20H,5-8,10H2,1-2H3. The van der Waals surface area contributed by atoms with Crippen LogP contribution in [0.25, 0.3) is 0 Å². The molecule has 2 nitrogen and oxygen atoms in total. The van der Waals surface area contributed by atoms with E-state index < -0.39 is 11.4 Å². The Hall–Kier alpha value is -0.640. The number of benzene rings is 1. The van der Waals surface area contributed by atoms with Crippen molar-refractivity contribution in [2.75, 3.05) is 6.54 Å². The number of hydrogen-bond acceptors (Lipinski definition) is 2. The average Bonchev–Trinajstić information content (AvgIpc) is 2.43. The van der Waals surface area contributed by atoms with Crippen LogP contribution in [-0.4, -0.2) is 17.3 Å². The van der Waals surface area contributed by atoms with Crippen molar-refractivity contribution < 1.29 is 9.50 Å². The van der Waals surface area contributed by atoms with Crippen LogP contribution >= 0.6 is 11.6 Å². The quantitative estimate of drug-likeness (QED) is 0.878. The van der Waals surface area contributed by atoms with Crippen LogP contribution in [-0.2, 0) is 0 Å². The topological polar surface area (TPSA) is 32.3 Å². The summed E-state index contributed by atoms with van der Waals surface area (Å²) < 4.78 is 13.4. The normalized spacial score (nSPS) is 28.4. The summed E-state index contributed by atoms with van der Waals surface area (Å²) in [5.74, 6) is 0.307. The fourth-order valence-electron chi connectivity index (χ4n) is 2.72. The molecule has 1 atom stereocenters. The number of hydrogen-bond donors (Lipinski definition) is 2. The minimum atomic E-state index is -0.619. The van der Waals surface area contributed by atoms with Gasteiger partial charge in [0.1, 0.15) is 5.82 Å². The molecule has 112 valence electrons. The second-order valence-electron chi connectivity index (χ2n) is 6.18. The first-order valence-corrected chi connectivity index (χ1v) is 7.68. The first kappa shape index (κ1) is 15.7. The third-order valence-corrected chi connectivity index (χ3v) is 4.69. The van der Waals surface area contributed by atoms with E-state index in [-0.39, 0.29) is 11.1 Å². The van der Waals surface area contributed by atoms with Crippen molar-refractivity contribution in [1.29, 1.82) is 0 Å². The molecule has 0 aliphatic heterocycles. The Balaban J connectivity index is 1.91. The van der Waals surface area contributed by atoms with Crippen molar-refractivity contribution in [2.24, 2.45) is 5.92 Å². The summed E-state index contributed by atoms with van der Waals surface area (Å²) in [5.41, 5.74) is 0.228. The molecular formula is C16H23ClFNO. The predicted molar refractivity (Wildman–Crippen MR) is 80.4 cm³/mol. The van der Waals surface area contributed by atoms with Crippen LogP contribution in [0.2, 0.25) is 5.02 Å². The van der Waals surface area contributed by atoms with Gasteiger partial charge in [0.25, 0.3) is 0 Å². The summed E-state index contributed by atoms with van der Waals surface area (Å²) in [5, 5.41) is 14.0. The fourth-order valence-corrected chi connectivity index (χ4v) is 2.84. The Kier molecular flexibility index (Phi) is 5.05. The molecule has 20 heavy (non-hydrogen) atoms. The highest BCUT2D eigenvalue weighted by Gasteiger charge is 2.31. The number of nitrogens with one attached hydrogen (secondary N) is 1. The zero-order valence-electron chi connectivity index (χ0n) is 12.1. The summed E-state index contributed by atoms with van der Waals surface area (Å²) in [6.07, 6.45) is 3.82. The van der Waals surface area contributed by atoms with Crippen molar-refractivity contribution in [1.82, 2.24) is 5.32 Å². The number of halogens is 2. The molecule has 0 spiro atoms. The molecule has 4 heteroatoms. The number of aliphatic hydroxyl groups is 1. The van der Waals surface area contributed by atoms with Crippen molar-refractivity contribution in [3.63, 3.8) is 0 Å². The average molecular weight is 300 g/mol. The molecule has 2 N–H and O–H groups in total. The summed E-state index contributed by atoms with van der Waals surface area (Å²) in [6, 6.07) is 4.83. The van der Waals surface area contributed by atoms with Gasteiger partial charge in [-0.05, 0) is 56.2 Å². The molecule has 1 aromatic rings. The third-order valence-electron chi connectivity index (χ3n) is 4.39. The van der Waals surface area contributed by atoms with Gasteiger partial charge in [-0.3, -0.25) is 0 Å². The van der Waals surface area contributed by atoms with Crippen LogP contribution in [0, 0.1) is 11.7 Å². The lowest BCUT2D eigenvalue weighted by Crippen LogP contribution is -2.44. The summed E-state index contributed by atoms with van der Waals surface area (Å²) in [6.45, 7) is 4.74. The van der Waals surface area contributed by atoms with Gasteiger partial charge in [0, 0.05) is 12.6 Å². The number of rotatable bonds is 4. The highest BCUT2D eigenvalue weighted by atomic mass is 35.5. The molecule has 0 saturated heterocycles. The molecule has 0 bridgehead atoms. The van der Waals surface area contributed by atoms with Gasteiger partial charge in [-0.15, -0.1) is 0 Å². The molecule has 0 amide bonds. The molecule has 1 unspecified atom stereocenters. The molecule has 0 heterocycles. The van der Waals surface area contributed by atoms with E-state index in [0.29, 0.717) is 12.5 Å². The maximum atomic E-state index is 13.4. The van der Waals surface area contributed by atoms with Crippen LogP contribution in [0.4, 0.5) is 4.39 Å². The highest BCUT2D eigenvalue weighted by Crippen LogP contribution is 2.31. The second-order valence-corrected chi connectivity index (χ2v) is 6.59. The molecule has 1 saturated carbocycles. The van der Waals surface area contributed by atoms with Crippen LogP contribution in [0.1, 0.15) is 51.1 Å². The van der Waals surface area contributed by atoms with Crippen molar-refractivity contribution in [2.45, 2.75) is 51.2 Å². The van der Waals surface area contributed by atoms with E-state index in [0.717, 1.165) is 31.2 Å². The smallest absolute Gasteiger partial charge is 0.142 e. The molecule has 2 rings (SSSR count). The van der Waals surface area contributed by atoms with E-state index in [4.69, 9.17) is 11.6 Å². The van der Waals surface area contributed by atoms with Crippen molar-refractivity contribution in [3.05, 3.63) is 34.6 Å². The maximum absolute atomic E-state index is 13.4. The Bertz CT molecular complexity index is 458. The molecule has 1 aliphatic carbocycles. The van der Waals surface area contributed by atoms with Gasteiger partial charge >= 0.3 is 0 Å². The van der Waals surface area contributed by atoms with Crippen LogP contribution in [0.15, 0.2) is 18.2 Å². The van der Waals surface area contributed by atoms with Crippen molar-refractivity contribution >= 4 is 11.6 Å². The maximum Gasteiger partial charge on any atom is 0.142 e. The van der Waals surface area contributed by atoms with Crippen LogP contribution in [0.5, 0.6) is 0 Å². The monoisotopic (exact) mass is 299 g/mol. The summed E-state index contributed by atoms with van der Waals surface area (Å²) in [7, 11) is 0. The SMILES string of the molecule is CC1CCC(O)(CNC(C)c2ccc(Cl)c(F)c2)CC1. The molecule has 0 radical (unpaired) electrons. The highest BCUT2D eigenvalue weighted by molar-refractivity contribution is 6.30. The fraction of sp³-hybridized carbons (Fsp3) is 0.625. The predicted octanol–water partition coefficient (Wildman–Crippen LogP) is 4.07. The molecule has 1 aliphatic rings. The lowest BCUT2D eigenvalue weighted by Gasteiger charge is -2.36. The van der Waals surface area contributed by atoms with Gasteiger partial charge in [-0.2, -0.15) is 0 Å². The van der Waals surface area contributed by atoms with Gasteiger partial charge in [-0.25, -0.2) is 4.39 Å². The van der Waals surface area contributed by atoms with E-state index in [1.165, 1.54) is 6.07 Å². The lowest BCUT2D eigenvalue weighted by molar-refractivity contribution is -0.00784. The first-order chi connectivity index (χ1) is 9.39. The molecular weight excluding hydrogens is 277 g/mol. The minimum Gasteiger partial charge on any atom is -0.389 e. The van der Waals surface area contributed by atoms with Gasteiger partial charge in [0.15, 0.2) is 0 Å². The zero-order chi connectivity index (χ0) is 14.8. The largest absolute Gasteiger partial charge is 0.389 e. The zero-order valence-corrected chi connectivity index (χ0v) is 12.9. The van der Waals surface area contributed by atoms with E-state index in [1.54, 1.807) is 6.07 Å². The summed E-state index contributed by atoms with van der Waals surface area (Å²) in [4.78, 5) is 0. The van der Waals surface area contributed by atoms with Gasteiger partial charge in [-0.1, -0.05) is 24.6 Å². The third kappa shape index (κ3) is 3.94. The Morgan fingerprint density at radius 3 is 2.70 bits per heavy atom. The van der Waals surface area contributed by atoms with Crippen LogP contribution < -0.4 is 5.32 Å².